The quantitative estimate of drug-likeness (QED) is 0.610. The number of rotatable bonds is 7. The van der Waals surface area contributed by atoms with E-state index in [1.54, 1.807) is 0 Å². The first-order valence-corrected chi connectivity index (χ1v) is 8.74. The number of anilines is 1. The summed E-state index contributed by atoms with van der Waals surface area (Å²) in [7, 11) is 0. The number of hydrogen-bond acceptors (Lipinski definition) is 3. The molecule has 3 heteroatoms. The Morgan fingerprint density at radius 1 is 0.923 bits per heavy atom. The lowest BCUT2D eigenvalue weighted by atomic mass is 9.95. The molecule has 3 nitrogen and oxygen atoms in total. The molecule has 0 saturated carbocycles. The van der Waals surface area contributed by atoms with Crippen molar-refractivity contribution in [3.8, 4) is 11.8 Å². The molecular weight excluding hydrogens is 320 g/mol. The van der Waals surface area contributed by atoms with Crippen LogP contribution in [-0.4, -0.2) is 0 Å². The molecule has 0 radical (unpaired) electrons. The van der Waals surface area contributed by atoms with Crippen LogP contribution in [0.15, 0.2) is 84.9 Å². The SMILES string of the molecule is C[C@@H](C#N)[C@H](Nc1ccccc1)c1cccc(OCc2ccccc2)c1. The van der Waals surface area contributed by atoms with Crippen LogP contribution in [0.2, 0.25) is 0 Å². The van der Waals surface area contributed by atoms with Crippen molar-refractivity contribution in [1.29, 1.82) is 5.26 Å². The summed E-state index contributed by atoms with van der Waals surface area (Å²) in [4.78, 5) is 0. The largest absolute Gasteiger partial charge is 0.489 e. The van der Waals surface area contributed by atoms with E-state index in [1.165, 1.54) is 0 Å². The summed E-state index contributed by atoms with van der Waals surface area (Å²) in [6, 6.07) is 30.3. The summed E-state index contributed by atoms with van der Waals surface area (Å²) in [5.41, 5.74) is 3.16. The third-order valence-corrected chi connectivity index (χ3v) is 4.27. The second-order valence-corrected chi connectivity index (χ2v) is 6.25. The van der Waals surface area contributed by atoms with E-state index in [1.807, 2.05) is 91.9 Å². The number of nitriles is 1. The Morgan fingerprint density at radius 3 is 2.31 bits per heavy atom. The van der Waals surface area contributed by atoms with Crippen LogP contribution in [0.25, 0.3) is 0 Å². The highest BCUT2D eigenvalue weighted by atomic mass is 16.5. The molecule has 0 aliphatic carbocycles. The number of benzene rings is 3. The summed E-state index contributed by atoms with van der Waals surface area (Å²) in [5.74, 6) is 0.621. The average Bonchev–Trinajstić information content (AvgIpc) is 2.71. The molecule has 3 aromatic rings. The molecule has 0 fully saturated rings. The zero-order valence-corrected chi connectivity index (χ0v) is 14.8. The van der Waals surface area contributed by atoms with Gasteiger partial charge in [0.1, 0.15) is 12.4 Å². The Balaban J connectivity index is 1.77. The lowest BCUT2D eigenvalue weighted by Crippen LogP contribution is -2.17. The van der Waals surface area contributed by atoms with E-state index in [9.17, 15) is 5.26 Å². The van der Waals surface area contributed by atoms with Crippen LogP contribution in [0, 0.1) is 17.2 Å². The summed E-state index contributed by atoms with van der Waals surface area (Å²) in [6.07, 6.45) is 0. The lowest BCUT2D eigenvalue weighted by molar-refractivity contribution is 0.305. The molecule has 26 heavy (non-hydrogen) atoms. The molecule has 0 amide bonds. The molecule has 0 saturated heterocycles. The van der Waals surface area contributed by atoms with Crippen molar-refractivity contribution in [2.45, 2.75) is 19.6 Å². The highest BCUT2D eigenvalue weighted by Crippen LogP contribution is 2.29. The monoisotopic (exact) mass is 342 g/mol. The predicted octanol–water partition coefficient (Wildman–Crippen LogP) is 5.58. The highest BCUT2D eigenvalue weighted by Gasteiger charge is 2.19. The van der Waals surface area contributed by atoms with Gasteiger partial charge in [-0.25, -0.2) is 0 Å². The van der Waals surface area contributed by atoms with Gasteiger partial charge in [-0.05, 0) is 42.3 Å². The first-order chi connectivity index (χ1) is 12.8. The van der Waals surface area contributed by atoms with Gasteiger partial charge in [-0.3, -0.25) is 0 Å². The number of para-hydroxylation sites is 1. The average molecular weight is 342 g/mol. The van der Waals surface area contributed by atoms with E-state index >= 15 is 0 Å². The van der Waals surface area contributed by atoms with Crippen LogP contribution >= 0.6 is 0 Å². The fraction of sp³-hybridized carbons (Fsp3) is 0.174. The van der Waals surface area contributed by atoms with Crippen LogP contribution in [0.5, 0.6) is 5.75 Å². The Hall–Kier alpha value is -3.25. The third-order valence-electron chi connectivity index (χ3n) is 4.27. The molecule has 0 spiro atoms. The Morgan fingerprint density at radius 2 is 1.62 bits per heavy atom. The molecule has 0 unspecified atom stereocenters. The zero-order chi connectivity index (χ0) is 18.2. The topological polar surface area (TPSA) is 45.0 Å². The van der Waals surface area contributed by atoms with Gasteiger partial charge in [0.15, 0.2) is 0 Å². The minimum Gasteiger partial charge on any atom is -0.489 e. The van der Waals surface area contributed by atoms with Crippen LogP contribution in [-0.2, 0) is 6.61 Å². The van der Waals surface area contributed by atoms with Gasteiger partial charge in [0.05, 0.1) is 18.0 Å². The molecule has 0 aliphatic rings. The second-order valence-electron chi connectivity index (χ2n) is 6.25. The molecule has 1 N–H and O–H groups in total. The van der Waals surface area contributed by atoms with E-state index in [-0.39, 0.29) is 12.0 Å². The van der Waals surface area contributed by atoms with Gasteiger partial charge >= 0.3 is 0 Å². The predicted molar refractivity (Wildman–Crippen MR) is 105 cm³/mol. The molecule has 3 rings (SSSR count). The molecule has 0 aromatic heterocycles. The van der Waals surface area contributed by atoms with E-state index in [0.29, 0.717) is 6.61 Å². The van der Waals surface area contributed by atoms with Gasteiger partial charge in [0.25, 0.3) is 0 Å². The summed E-state index contributed by atoms with van der Waals surface area (Å²) in [5, 5.41) is 12.9. The lowest BCUT2D eigenvalue weighted by Gasteiger charge is -2.23. The van der Waals surface area contributed by atoms with Gasteiger partial charge in [-0.1, -0.05) is 60.7 Å². The summed E-state index contributed by atoms with van der Waals surface area (Å²) < 4.78 is 5.94. The maximum absolute atomic E-state index is 9.44. The second kappa shape index (κ2) is 8.73. The third kappa shape index (κ3) is 4.64. The maximum atomic E-state index is 9.44. The molecule has 0 bridgehead atoms. The molecule has 130 valence electrons. The van der Waals surface area contributed by atoms with Crippen molar-refractivity contribution in [2.75, 3.05) is 5.32 Å². The Kier molecular flexibility index (Phi) is 5.90. The van der Waals surface area contributed by atoms with E-state index in [2.05, 4.69) is 11.4 Å². The first kappa shape index (κ1) is 17.6. The fourth-order valence-corrected chi connectivity index (χ4v) is 2.82. The normalized spacial score (nSPS) is 12.6. The van der Waals surface area contributed by atoms with Crippen molar-refractivity contribution in [2.24, 2.45) is 5.92 Å². The van der Waals surface area contributed by atoms with E-state index in [0.717, 1.165) is 22.6 Å². The maximum Gasteiger partial charge on any atom is 0.120 e. The number of ether oxygens (including phenoxy) is 1. The zero-order valence-electron chi connectivity index (χ0n) is 14.8. The molecular formula is C23H22N2O. The molecule has 3 aromatic carbocycles. The van der Waals surface area contributed by atoms with E-state index in [4.69, 9.17) is 4.74 Å². The Labute approximate surface area is 154 Å². The summed E-state index contributed by atoms with van der Waals surface area (Å²) >= 11 is 0. The van der Waals surface area contributed by atoms with Crippen LogP contribution in [0.3, 0.4) is 0 Å². The minimum atomic E-state index is -0.181. The first-order valence-electron chi connectivity index (χ1n) is 8.74. The fourth-order valence-electron chi connectivity index (χ4n) is 2.82. The van der Waals surface area contributed by atoms with Gasteiger partial charge in [-0.2, -0.15) is 5.26 Å². The van der Waals surface area contributed by atoms with E-state index < -0.39 is 0 Å². The van der Waals surface area contributed by atoms with Crippen molar-refractivity contribution in [1.82, 2.24) is 0 Å². The van der Waals surface area contributed by atoms with Crippen LogP contribution in [0.4, 0.5) is 5.69 Å². The number of hydrogen-bond donors (Lipinski definition) is 1. The standard InChI is InChI=1S/C23H22N2O/c1-18(16-24)23(25-21-12-6-3-7-13-21)20-11-8-14-22(15-20)26-17-19-9-4-2-5-10-19/h2-15,18,23,25H,17H2,1H3/t18-,23-/m0/s1. The van der Waals surface area contributed by atoms with Gasteiger partial charge in [0, 0.05) is 5.69 Å². The molecule has 2 atom stereocenters. The smallest absolute Gasteiger partial charge is 0.120 e. The van der Waals surface area contributed by atoms with Crippen LogP contribution in [0.1, 0.15) is 24.1 Å². The summed E-state index contributed by atoms with van der Waals surface area (Å²) in [6.45, 7) is 2.45. The van der Waals surface area contributed by atoms with Crippen molar-refractivity contribution < 1.29 is 4.74 Å². The molecule has 0 heterocycles. The van der Waals surface area contributed by atoms with Crippen molar-refractivity contribution >= 4 is 5.69 Å². The number of nitrogens with one attached hydrogen (secondary N) is 1. The van der Waals surface area contributed by atoms with Crippen molar-refractivity contribution in [3.63, 3.8) is 0 Å². The number of nitrogens with zero attached hydrogens (tertiary/aromatic N) is 1. The molecule has 0 aliphatic heterocycles. The Bertz CT molecular complexity index is 856. The van der Waals surface area contributed by atoms with Gasteiger partial charge in [0.2, 0.25) is 0 Å². The minimum absolute atomic E-state index is 0.109. The van der Waals surface area contributed by atoms with Gasteiger partial charge in [-0.15, -0.1) is 0 Å². The van der Waals surface area contributed by atoms with Crippen molar-refractivity contribution in [3.05, 3.63) is 96.1 Å². The van der Waals surface area contributed by atoms with Gasteiger partial charge < -0.3 is 10.1 Å². The van der Waals surface area contributed by atoms with Crippen LogP contribution < -0.4 is 10.1 Å². The highest BCUT2D eigenvalue weighted by molar-refractivity contribution is 5.46.